The maximum atomic E-state index is 13.8. The first-order valence-electron chi connectivity index (χ1n) is 13.9. The van der Waals surface area contributed by atoms with Gasteiger partial charge in [0, 0.05) is 19.1 Å². The van der Waals surface area contributed by atoms with Crippen LogP contribution in [0, 0.1) is 46.2 Å². The molecule has 0 spiro atoms. The number of nitrogens with zero attached hydrogens (tertiary/aromatic N) is 3. The molecule has 196 valence electrons. The topological polar surface area (TPSA) is 77.2 Å². The highest BCUT2D eigenvalue weighted by Gasteiger charge is 2.63. The van der Waals surface area contributed by atoms with E-state index in [1.54, 1.807) is 10.7 Å². The molecule has 1 N–H and O–H groups in total. The summed E-state index contributed by atoms with van der Waals surface area (Å²) in [6.07, 6.45) is 9.37. The Bertz CT molecular complexity index is 1160. The standard InChI is InChI=1S/C29H40FN3O3/c1-27(35)12-13-29(17-36-3)18(15-27)4-6-20-21-7-8-23(28(21,2)11-10-22(20)29)26(34)16-33-25-14-19(30)5-9-24(25)31-32-33/h5,9,14,18,20-23,35H,4,6-8,10-13,15-17H2,1-3H3. The second-order valence-corrected chi connectivity index (χ2v) is 13.0. The molecule has 36 heavy (non-hydrogen) atoms. The molecule has 0 radical (unpaired) electrons. The van der Waals surface area contributed by atoms with E-state index >= 15 is 0 Å². The number of hydrogen-bond donors (Lipinski definition) is 1. The third kappa shape index (κ3) is 3.67. The second-order valence-electron chi connectivity index (χ2n) is 13.0. The fraction of sp³-hybridized carbons (Fsp3) is 0.759. The van der Waals surface area contributed by atoms with Gasteiger partial charge < -0.3 is 9.84 Å². The van der Waals surface area contributed by atoms with E-state index < -0.39 is 5.60 Å². The Kier molecular flexibility index (Phi) is 5.84. The minimum absolute atomic E-state index is 0.00113. The number of benzene rings is 1. The van der Waals surface area contributed by atoms with Crippen LogP contribution in [-0.2, 0) is 16.1 Å². The molecule has 0 aliphatic heterocycles. The van der Waals surface area contributed by atoms with E-state index in [4.69, 9.17) is 4.74 Å². The van der Waals surface area contributed by atoms with Crippen molar-refractivity contribution in [2.24, 2.45) is 40.4 Å². The van der Waals surface area contributed by atoms with Gasteiger partial charge in [0.05, 0.1) is 17.7 Å². The first kappa shape index (κ1) is 24.5. The van der Waals surface area contributed by atoms with E-state index in [1.165, 1.54) is 18.6 Å². The van der Waals surface area contributed by atoms with E-state index in [9.17, 15) is 14.3 Å². The number of methoxy groups -OCH3 is 1. The number of halogens is 1. The van der Waals surface area contributed by atoms with Crippen LogP contribution in [0.3, 0.4) is 0 Å². The van der Waals surface area contributed by atoms with Crippen LogP contribution in [0.15, 0.2) is 18.2 Å². The first-order chi connectivity index (χ1) is 17.2. The Balaban J connectivity index is 1.24. The van der Waals surface area contributed by atoms with Gasteiger partial charge in [-0.25, -0.2) is 9.07 Å². The molecule has 6 nitrogen and oxygen atoms in total. The van der Waals surface area contributed by atoms with Gasteiger partial charge in [0.2, 0.25) is 0 Å². The van der Waals surface area contributed by atoms with Gasteiger partial charge in [0.15, 0.2) is 5.78 Å². The van der Waals surface area contributed by atoms with Gasteiger partial charge >= 0.3 is 0 Å². The summed E-state index contributed by atoms with van der Waals surface area (Å²) >= 11 is 0. The SMILES string of the molecule is COCC12CCC(C)(O)CC1CCC1C3CCC(C(=O)Cn4nnc5ccc(F)cc54)C3(C)CCC12. The fourth-order valence-electron chi connectivity index (χ4n) is 9.62. The Morgan fingerprint density at radius 2 is 1.97 bits per heavy atom. The highest BCUT2D eigenvalue weighted by molar-refractivity contribution is 5.84. The zero-order valence-electron chi connectivity index (χ0n) is 21.9. The lowest BCUT2D eigenvalue weighted by Crippen LogP contribution is -2.58. The number of ketones is 1. The predicted molar refractivity (Wildman–Crippen MR) is 135 cm³/mol. The molecule has 6 rings (SSSR count). The lowest BCUT2D eigenvalue weighted by atomic mass is 9.43. The predicted octanol–water partition coefficient (Wildman–Crippen LogP) is 5.18. The number of aliphatic hydroxyl groups is 1. The second kappa shape index (κ2) is 8.59. The highest BCUT2D eigenvalue weighted by atomic mass is 19.1. The number of rotatable bonds is 5. The van der Waals surface area contributed by atoms with E-state index in [0.29, 0.717) is 34.7 Å². The summed E-state index contributed by atoms with van der Waals surface area (Å²) in [6, 6.07) is 4.41. The van der Waals surface area contributed by atoms with Crippen molar-refractivity contribution < 1.29 is 19.0 Å². The van der Waals surface area contributed by atoms with Crippen molar-refractivity contribution in [3.05, 3.63) is 24.0 Å². The Labute approximate surface area is 213 Å². The summed E-state index contributed by atoms with van der Waals surface area (Å²) in [7, 11) is 1.83. The summed E-state index contributed by atoms with van der Waals surface area (Å²) in [5.41, 5.74) is 0.803. The summed E-state index contributed by atoms with van der Waals surface area (Å²) in [4.78, 5) is 13.7. The van der Waals surface area contributed by atoms with Gasteiger partial charge in [-0.05, 0) is 111 Å². The van der Waals surface area contributed by atoms with E-state index in [0.717, 1.165) is 58.0 Å². The average Bonchev–Trinajstić information content (AvgIpc) is 3.39. The molecular formula is C29H40FN3O3. The van der Waals surface area contributed by atoms with Crippen molar-refractivity contribution in [2.75, 3.05) is 13.7 Å². The maximum absolute atomic E-state index is 13.8. The molecule has 4 fully saturated rings. The lowest BCUT2D eigenvalue weighted by molar-refractivity contribution is -0.175. The van der Waals surface area contributed by atoms with Crippen molar-refractivity contribution in [3.8, 4) is 0 Å². The summed E-state index contributed by atoms with van der Waals surface area (Å²) in [6.45, 7) is 5.32. The molecule has 0 saturated heterocycles. The van der Waals surface area contributed by atoms with Gasteiger partial charge in [-0.2, -0.15) is 0 Å². The van der Waals surface area contributed by atoms with Crippen molar-refractivity contribution in [1.82, 2.24) is 15.0 Å². The molecule has 7 heteroatoms. The van der Waals surface area contributed by atoms with Crippen LogP contribution in [0.25, 0.3) is 11.0 Å². The van der Waals surface area contributed by atoms with E-state index in [-0.39, 0.29) is 34.9 Å². The van der Waals surface area contributed by atoms with E-state index in [1.807, 2.05) is 14.0 Å². The van der Waals surface area contributed by atoms with Crippen LogP contribution in [0.5, 0.6) is 0 Å². The third-order valence-electron chi connectivity index (χ3n) is 11.2. The van der Waals surface area contributed by atoms with Crippen molar-refractivity contribution >= 4 is 16.8 Å². The fourth-order valence-corrected chi connectivity index (χ4v) is 9.62. The first-order valence-corrected chi connectivity index (χ1v) is 13.9. The zero-order chi connectivity index (χ0) is 25.3. The Morgan fingerprint density at radius 3 is 2.78 bits per heavy atom. The van der Waals surface area contributed by atoms with Crippen LogP contribution >= 0.6 is 0 Å². The molecule has 1 aromatic heterocycles. The van der Waals surface area contributed by atoms with Crippen molar-refractivity contribution in [1.29, 1.82) is 0 Å². The quantitative estimate of drug-likeness (QED) is 0.616. The van der Waals surface area contributed by atoms with Crippen LogP contribution in [0.4, 0.5) is 4.39 Å². The minimum atomic E-state index is -0.558. The van der Waals surface area contributed by atoms with Gasteiger partial charge in [0.1, 0.15) is 17.9 Å². The molecular weight excluding hydrogens is 457 g/mol. The number of fused-ring (bicyclic) bond motifs is 6. The molecule has 8 unspecified atom stereocenters. The molecule has 0 amide bonds. The Morgan fingerprint density at radius 1 is 1.14 bits per heavy atom. The molecule has 1 aromatic carbocycles. The molecule has 4 aliphatic carbocycles. The summed E-state index contributed by atoms with van der Waals surface area (Å²) in [5, 5.41) is 19.2. The normalized spacial score (nSPS) is 42.1. The highest BCUT2D eigenvalue weighted by Crippen LogP contribution is 2.68. The number of ether oxygens (including phenoxy) is 1. The van der Waals surface area contributed by atoms with Gasteiger partial charge in [-0.3, -0.25) is 4.79 Å². The van der Waals surface area contributed by atoms with Crippen LogP contribution in [0.2, 0.25) is 0 Å². The number of aromatic nitrogens is 3. The smallest absolute Gasteiger partial charge is 0.157 e. The number of hydrogen-bond acceptors (Lipinski definition) is 5. The molecule has 1 heterocycles. The third-order valence-corrected chi connectivity index (χ3v) is 11.2. The monoisotopic (exact) mass is 497 g/mol. The lowest BCUT2D eigenvalue weighted by Gasteiger charge is -2.62. The van der Waals surface area contributed by atoms with Crippen LogP contribution < -0.4 is 0 Å². The van der Waals surface area contributed by atoms with Crippen LogP contribution in [-0.4, -0.2) is 45.2 Å². The minimum Gasteiger partial charge on any atom is -0.390 e. The number of carbonyl (C=O) groups is 1. The zero-order valence-corrected chi connectivity index (χ0v) is 21.9. The van der Waals surface area contributed by atoms with Gasteiger partial charge in [-0.15, -0.1) is 5.10 Å². The van der Waals surface area contributed by atoms with Crippen molar-refractivity contribution in [3.63, 3.8) is 0 Å². The van der Waals surface area contributed by atoms with Gasteiger partial charge in [0.25, 0.3) is 0 Å². The molecule has 2 aromatic rings. The molecule has 4 saturated carbocycles. The van der Waals surface area contributed by atoms with Gasteiger partial charge in [-0.1, -0.05) is 12.1 Å². The van der Waals surface area contributed by atoms with E-state index in [2.05, 4.69) is 17.2 Å². The number of Topliss-reactive ketones (excluding diaryl/α,β-unsaturated/α-hetero) is 1. The average molecular weight is 498 g/mol. The summed E-state index contributed by atoms with van der Waals surface area (Å²) < 4.78 is 21.3. The van der Waals surface area contributed by atoms with Crippen molar-refractivity contribution in [2.45, 2.75) is 83.8 Å². The summed E-state index contributed by atoms with van der Waals surface area (Å²) in [5.74, 6) is 2.19. The van der Waals surface area contributed by atoms with Crippen LogP contribution in [0.1, 0.15) is 71.6 Å². The molecule has 0 bridgehead atoms. The maximum Gasteiger partial charge on any atom is 0.157 e. The molecule has 4 aliphatic rings. The number of carbonyl (C=O) groups excluding carboxylic acids is 1. The Hall–Kier alpha value is -1.86. The largest absolute Gasteiger partial charge is 0.390 e. The molecule has 8 atom stereocenters.